The Morgan fingerprint density at radius 1 is 1.35 bits per heavy atom. The van der Waals surface area contributed by atoms with Crippen molar-refractivity contribution in [1.29, 1.82) is 0 Å². The third kappa shape index (κ3) is 7.53. The number of aromatic nitrogens is 2. The van der Waals surface area contributed by atoms with Gasteiger partial charge < -0.3 is 36.1 Å². The molecule has 0 amide bonds. The van der Waals surface area contributed by atoms with Gasteiger partial charge in [0.25, 0.3) is 5.56 Å². The van der Waals surface area contributed by atoms with Gasteiger partial charge in [0, 0.05) is 23.1 Å². The fraction of sp³-hybridized carbons (Fsp3) is 0.600. The van der Waals surface area contributed by atoms with Crippen LogP contribution in [-0.2, 0) is 31.6 Å². The third-order valence-corrected chi connectivity index (χ3v) is 7.63. The molecule has 21 heteroatoms. The molecule has 1 saturated heterocycles. The van der Waals surface area contributed by atoms with Crippen LogP contribution < -0.4 is 11.2 Å². The van der Waals surface area contributed by atoms with Crippen LogP contribution >= 0.6 is 23.1 Å². The Balaban J connectivity index is 2.14. The van der Waals surface area contributed by atoms with Crippen molar-refractivity contribution in [3.63, 3.8) is 0 Å². The Labute approximate surface area is 173 Å². The molecule has 1 aromatic heterocycles. The van der Waals surface area contributed by atoms with Gasteiger partial charge >= 0.3 is 21.3 Å². The summed E-state index contributed by atoms with van der Waals surface area (Å²) in [5.41, 5.74) is 7.47. The van der Waals surface area contributed by atoms with E-state index >= 15 is 0 Å². The highest BCUT2D eigenvalue weighted by Crippen LogP contribution is 2.66. The summed E-state index contributed by atoms with van der Waals surface area (Å²) in [6, 6.07) is -0.985. The second-order valence-electron chi connectivity index (χ2n) is 6.07. The minimum absolute atomic E-state index is 0.0704. The number of ether oxygens (including phenoxy) is 1. The number of rotatable bonds is 9. The Bertz CT molecular complexity index is 1140. The number of hydrogen-bond acceptors (Lipinski definition) is 10. The molecular weight excluding hydrogens is 486 g/mol. The van der Waals surface area contributed by atoms with Crippen molar-refractivity contribution in [1.82, 2.24) is 9.55 Å². The molecule has 1 aliphatic rings. The summed E-state index contributed by atoms with van der Waals surface area (Å²) in [5, 5.41) is 3.46. The summed E-state index contributed by atoms with van der Waals surface area (Å²) in [7, 11) is -10.9. The second-order valence-corrected chi connectivity index (χ2v) is 10.6. The Kier molecular flexibility index (Phi) is 7.91. The van der Waals surface area contributed by atoms with E-state index in [0.29, 0.717) is 0 Å². The molecule has 1 unspecified atom stereocenters. The van der Waals surface area contributed by atoms with Gasteiger partial charge in [-0.3, -0.25) is 14.3 Å². The van der Waals surface area contributed by atoms with Crippen molar-refractivity contribution in [3.05, 3.63) is 43.0 Å². The second kappa shape index (κ2) is 9.53. The van der Waals surface area contributed by atoms with E-state index in [-0.39, 0.29) is 12.0 Å². The lowest BCUT2D eigenvalue weighted by Gasteiger charge is -2.29. The molecule has 0 spiro atoms. The van der Waals surface area contributed by atoms with E-state index in [4.69, 9.17) is 32.1 Å². The van der Waals surface area contributed by atoms with Gasteiger partial charge in [-0.2, -0.15) is 4.31 Å². The van der Waals surface area contributed by atoms with Crippen molar-refractivity contribution in [3.8, 4) is 0 Å². The van der Waals surface area contributed by atoms with E-state index in [9.17, 15) is 28.2 Å². The van der Waals surface area contributed by atoms with Gasteiger partial charge in [0.1, 0.15) is 6.23 Å². The van der Waals surface area contributed by atoms with Gasteiger partial charge in [0.15, 0.2) is 0 Å². The molecule has 0 bridgehead atoms. The van der Waals surface area contributed by atoms with Crippen molar-refractivity contribution in [2.75, 3.05) is 6.61 Å². The van der Waals surface area contributed by atoms with E-state index < -0.39 is 59.3 Å². The molecule has 4 N–H and O–H groups in total. The van der Waals surface area contributed by atoms with E-state index in [1.807, 2.05) is 0 Å². The molecule has 31 heavy (non-hydrogen) atoms. The van der Waals surface area contributed by atoms with Crippen molar-refractivity contribution < 1.29 is 46.3 Å². The van der Waals surface area contributed by atoms with E-state index in [1.165, 1.54) is 13.1 Å². The molecular formula is C10H15BN5O12P3-. The molecule has 0 aliphatic carbocycles. The summed E-state index contributed by atoms with van der Waals surface area (Å²) in [6.07, 6.45) is -1.08. The molecule has 1 aromatic rings. The molecule has 2 heterocycles. The molecule has 0 aromatic carbocycles. The number of azide groups is 1. The molecule has 2 rings (SSSR count). The van der Waals surface area contributed by atoms with Crippen molar-refractivity contribution in [2.24, 2.45) is 5.11 Å². The zero-order valence-corrected chi connectivity index (χ0v) is 18.1. The molecule has 5 atom stereocenters. The van der Waals surface area contributed by atoms with Crippen LogP contribution in [-0.4, -0.2) is 50.5 Å². The third-order valence-electron chi connectivity index (χ3n) is 3.71. The van der Waals surface area contributed by atoms with Gasteiger partial charge in [-0.15, -0.1) is 0 Å². The highest BCUT2D eigenvalue weighted by atomic mass is 31.3. The average Bonchev–Trinajstić information content (AvgIpc) is 2.96. The maximum atomic E-state index is 12.0. The first-order valence-electron chi connectivity index (χ1n) is 7.98. The number of aromatic amines is 1. The monoisotopic (exact) mass is 501 g/mol. The first-order chi connectivity index (χ1) is 14.1. The number of nitrogens with zero attached hydrogens (tertiary/aromatic N) is 4. The van der Waals surface area contributed by atoms with E-state index in [0.717, 1.165) is 4.57 Å². The van der Waals surface area contributed by atoms with Crippen LogP contribution in [0.5, 0.6) is 0 Å². The molecule has 3 radical (unpaired) electrons. The molecule has 171 valence electrons. The quantitative estimate of drug-likeness (QED) is 0.117. The zero-order valence-electron chi connectivity index (χ0n) is 15.4. The summed E-state index contributed by atoms with van der Waals surface area (Å²) < 4.78 is 52.8. The highest BCUT2D eigenvalue weighted by Gasteiger charge is 2.38. The van der Waals surface area contributed by atoms with Gasteiger partial charge in [-0.25, -0.2) is 18.2 Å². The largest absolute Gasteiger partial charge is 0.485 e. The Morgan fingerprint density at radius 2 is 2.00 bits per heavy atom. The number of nitrogens with one attached hydrogen (secondary N) is 1. The van der Waals surface area contributed by atoms with E-state index in [2.05, 4.69) is 23.6 Å². The minimum atomic E-state index is -5.58. The first-order valence-corrected chi connectivity index (χ1v) is 12.6. The van der Waals surface area contributed by atoms with Crippen LogP contribution in [0.2, 0.25) is 0 Å². The van der Waals surface area contributed by atoms with Gasteiger partial charge in [-0.1, -0.05) is 5.11 Å². The van der Waals surface area contributed by atoms with Crippen LogP contribution in [0.25, 0.3) is 10.4 Å². The molecule has 1 aliphatic heterocycles. The highest BCUT2D eigenvalue weighted by molar-refractivity contribution is 7.84. The first kappa shape index (κ1) is 25.7. The lowest BCUT2D eigenvalue weighted by molar-refractivity contribution is -0.0232. The zero-order chi connectivity index (χ0) is 23.6. The minimum Gasteiger partial charge on any atom is -0.443 e. The van der Waals surface area contributed by atoms with Gasteiger partial charge in [0.2, 0.25) is 0 Å². The summed E-state index contributed by atoms with van der Waals surface area (Å²) in [6.45, 7) is 0.686. The SMILES string of the molecule is [B-][P@](=O)(OC[C@H]1O[C@@H](n2cc(C)c(=O)[nH]c2=O)C[C@@H]1N=[N+]=[N-])OP(=O)(O)OP(=O)(O)O. The fourth-order valence-corrected chi connectivity index (χ4v) is 5.67. The number of hydrogen-bond donors (Lipinski definition) is 4. The predicted octanol–water partition coefficient (Wildman–Crippen LogP) is 0.331. The van der Waals surface area contributed by atoms with Gasteiger partial charge in [0.05, 0.1) is 26.2 Å². The number of H-pyrrole nitrogens is 1. The van der Waals surface area contributed by atoms with Crippen molar-refractivity contribution >= 4 is 30.7 Å². The molecule has 17 nitrogen and oxygen atoms in total. The van der Waals surface area contributed by atoms with Crippen LogP contribution in [0.15, 0.2) is 20.9 Å². The average molecular weight is 501 g/mol. The summed E-state index contributed by atoms with van der Waals surface area (Å²) in [5.74, 6) is 0. The van der Waals surface area contributed by atoms with Crippen LogP contribution in [0.4, 0.5) is 0 Å². The van der Waals surface area contributed by atoms with E-state index in [1.54, 1.807) is 0 Å². The maximum Gasteiger partial charge on any atom is 0.485 e. The maximum absolute atomic E-state index is 12.0. The van der Waals surface area contributed by atoms with Crippen molar-refractivity contribution in [2.45, 2.75) is 31.7 Å². The summed E-state index contributed by atoms with van der Waals surface area (Å²) >= 11 is 0. The lowest BCUT2D eigenvalue weighted by atomic mass is 10.1. The smallest absolute Gasteiger partial charge is 0.443 e. The predicted molar refractivity (Wildman–Crippen MR) is 101 cm³/mol. The normalized spacial score (nSPS) is 25.4. The van der Waals surface area contributed by atoms with Crippen LogP contribution in [0.3, 0.4) is 0 Å². The molecule has 1 fully saturated rings. The lowest BCUT2D eigenvalue weighted by Crippen LogP contribution is -2.33. The topological polar surface area (TPSA) is 252 Å². The standard InChI is InChI=1S/C10H15BN5O12P3/c1-5-3-16(10(18)13-9(5)17)8-2-6(14-15-12)7(26-8)4-25-29(11,19)27-31(23,24)28-30(20,21)22/h3,6-8H,2,4H2,1H3,(H,23,24)(H,13,17,18)(H2,20,21,22)/q-1/t6-,7+,8+,29-/m0/s1. The molecule has 0 saturated carbocycles. The Hall–Kier alpha value is -1.54. The van der Waals surface area contributed by atoms with Gasteiger partial charge in [-0.05, 0) is 12.5 Å². The fourth-order valence-electron chi connectivity index (χ4n) is 2.52. The Morgan fingerprint density at radius 3 is 2.58 bits per heavy atom. The number of aryl methyl sites for hydroxylation is 1. The van der Waals surface area contributed by atoms with Crippen LogP contribution in [0, 0.1) is 6.92 Å². The summed E-state index contributed by atoms with van der Waals surface area (Å²) in [4.78, 5) is 54.5. The van der Waals surface area contributed by atoms with Crippen LogP contribution in [0.1, 0.15) is 18.2 Å². The number of phosphoric acid groups is 2.